The van der Waals surface area contributed by atoms with Crippen molar-refractivity contribution in [2.45, 2.75) is 33.0 Å². The summed E-state index contributed by atoms with van der Waals surface area (Å²) in [5.74, 6) is 0.166. The summed E-state index contributed by atoms with van der Waals surface area (Å²) < 4.78 is 4.33. The van der Waals surface area contributed by atoms with Crippen molar-refractivity contribution in [3.63, 3.8) is 0 Å². The molecule has 0 radical (unpaired) electrons. The highest BCUT2D eigenvalue weighted by molar-refractivity contribution is 5.86. The Morgan fingerprint density at radius 2 is 1.60 bits per heavy atom. The van der Waals surface area contributed by atoms with Crippen LogP contribution in [0.25, 0.3) is 21.8 Å². The maximum absolute atomic E-state index is 13.4. The zero-order valence-corrected chi connectivity index (χ0v) is 20.0. The molecule has 0 aliphatic carbocycles. The highest BCUT2D eigenvalue weighted by Crippen LogP contribution is 2.29. The van der Waals surface area contributed by atoms with Gasteiger partial charge in [0, 0.05) is 13.6 Å². The molecule has 7 heteroatoms. The first-order valence-corrected chi connectivity index (χ1v) is 11.8. The van der Waals surface area contributed by atoms with Crippen LogP contribution in [0.2, 0.25) is 0 Å². The second kappa shape index (κ2) is 9.00. The summed E-state index contributed by atoms with van der Waals surface area (Å²) in [6, 6.07) is 23.3. The first-order chi connectivity index (χ1) is 16.9. The monoisotopic (exact) mass is 468 g/mol. The number of nitrogens with zero attached hydrogens (tertiary/aromatic N) is 4. The van der Waals surface area contributed by atoms with Crippen LogP contribution < -0.4 is 11.2 Å². The summed E-state index contributed by atoms with van der Waals surface area (Å²) in [6.07, 6.45) is -1.09. The van der Waals surface area contributed by atoms with Crippen LogP contribution in [0.3, 0.4) is 0 Å². The minimum Gasteiger partial charge on any atom is -0.382 e. The van der Waals surface area contributed by atoms with E-state index >= 15 is 0 Å². The van der Waals surface area contributed by atoms with E-state index in [4.69, 9.17) is 5.10 Å². The van der Waals surface area contributed by atoms with E-state index in [1.54, 1.807) is 9.25 Å². The molecule has 0 amide bonds. The lowest BCUT2D eigenvalue weighted by Crippen LogP contribution is -2.39. The molecule has 7 nitrogen and oxygen atoms in total. The van der Waals surface area contributed by atoms with Crippen molar-refractivity contribution in [1.82, 2.24) is 18.9 Å². The minimum atomic E-state index is -1.09. The third-order valence-corrected chi connectivity index (χ3v) is 6.39. The Bertz CT molecular complexity index is 1640. The summed E-state index contributed by atoms with van der Waals surface area (Å²) >= 11 is 0. The van der Waals surface area contributed by atoms with Crippen LogP contribution in [0.1, 0.15) is 36.8 Å². The van der Waals surface area contributed by atoms with Gasteiger partial charge in [-0.05, 0) is 27.8 Å². The molecule has 35 heavy (non-hydrogen) atoms. The van der Waals surface area contributed by atoms with Crippen molar-refractivity contribution in [3.05, 3.63) is 110 Å². The molecule has 5 aromatic rings. The SMILES string of the molecule is CC(C)Cn1c(=O)n(C)c(=O)c2c(C(O)c3ccccc3)n(Cc3cccc4ccccc34)nc21. The van der Waals surface area contributed by atoms with Gasteiger partial charge in [0.05, 0.1) is 12.2 Å². The van der Waals surface area contributed by atoms with Crippen molar-refractivity contribution in [2.75, 3.05) is 0 Å². The molecule has 178 valence electrons. The van der Waals surface area contributed by atoms with Gasteiger partial charge in [-0.3, -0.25) is 18.6 Å². The molecule has 2 heterocycles. The van der Waals surface area contributed by atoms with E-state index in [0.29, 0.717) is 30.0 Å². The molecule has 1 unspecified atom stereocenters. The van der Waals surface area contributed by atoms with Crippen LogP contribution in [-0.4, -0.2) is 24.0 Å². The summed E-state index contributed by atoms with van der Waals surface area (Å²) in [5, 5.41) is 18.7. The molecule has 5 rings (SSSR count). The maximum atomic E-state index is 13.4. The summed E-state index contributed by atoms with van der Waals surface area (Å²) in [6.45, 7) is 4.77. The van der Waals surface area contributed by atoms with E-state index in [1.165, 1.54) is 7.05 Å². The highest BCUT2D eigenvalue weighted by atomic mass is 16.3. The van der Waals surface area contributed by atoms with Gasteiger partial charge in [-0.25, -0.2) is 4.79 Å². The van der Waals surface area contributed by atoms with Gasteiger partial charge in [-0.2, -0.15) is 5.10 Å². The fraction of sp³-hybridized carbons (Fsp3) is 0.250. The zero-order chi connectivity index (χ0) is 24.7. The van der Waals surface area contributed by atoms with Gasteiger partial charge >= 0.3 is 5.69 Å². The Hall–Kier alpha value is -3.97. The number of hydrogen-bond donors (Lipinski definition) is 1. The quantitative estimate of drug-likeness (QED) is 0.411. The molecular formula is C28H28N4O3. The Kier molecular flexibility index (Phi) is 5.86. The molecule has 0 aliphatic rings. The van der Waals surface area contributed by atoms with Gasteiger partial charge < -0.3 is 5.11 Å². The van der Waals surface area contributed by atoms with Gasteiger partial charge in [-0.15, -0.1) is 0 Å². The Labute approximate surface area is 202 Å². The molecule has 0 fully saturated rings. The number of fused-ring (bicyclic) bond motifs is 2. The van der Waals surface area contributed by atoms with Gasteiger partial charge in [0.15, 0.2) is 5.65 Å². The molecule has 0 aliphatic heterocycles. The standard InChI is InChI=1S/C28H28N4O3/c1-18(2)16-31-26-23(27(34)30(3)28(31)35)24(25(33)20-11-5-4-6-12-20)32(29-26)17-21-14-9-13-19-10-7-8-15-22(19)21/h4-15,18,25,33H,16-17H2,1-3H3. The molecule has 0 saturated carbocycles. The number of rotatable bonds is 6. The zero-order valence-electron chi connectivity index (χ0n) is 20.0. The number of benzene rings is 3. The van der Waals surface area contributed by atoms with Crippen molar-refractivity contribution >= 4 is 21.8 Å². The van der Waals surface area contributed by atoms with Crippen LogP contribution >= 0.6 is 0 Å². The first-order valence-electron chi connectivity index (χ1n) is 11.8. The van der Waals surface area contributed by atoms with Gasteiger partial charge in [0.1, 0.15) is 11.5 Å². The topological polar surface area (TPSA) is 82.0 Å². The fourth-order valence-electron chi connectivity index (χ4n) is 4.70. The van der Waals surface area contributed by atoms with Gasteiger partial charge in [0.2, 0.25) is 0 Å². The highest BCUT2D eigenvalue weighted by Gasteiger charge is 2.27. The van der Waals surface area contributed by atoms with E-state index in [2.05, 4.69) is 6.07 Å². The molecule has 3 aromatic carbocycles. The lowest BCUT2D eigenvalue weighted by atomic mass is 10.0. The predicted octanol–water partition coefficient (Wildman–Crippen LogP) is 3.84. The average molecular weight is 469 g/mol. The van der Waals surface area contributed by atoms with Crippen molar-refractivity contribution in [3.8, 4) is 0 Å². The van der Waals surface area contributed by atoms with Gasteiger partial charge in [-0.1, -0.05) is 86.6 Å². The van der Waals surface area contributed by atoms with Crippen LogP contribution in [0.5, 0.6) is 0 Å². The Morgan fingerprint density at radius 3 is 2.34 bits per heavy atom. The maximum Gasteiger partial charge on any atom is 0.332 e. The molecule has 1 atom stereocenters. The normalized spacial score (nSPS) is 12.6. The third kappa shape index (κ3) is 3.98. The van der Waals surface area contributed by atoms with E-state index in [1.807, 2.05) is 80.6 Å². The van der Waals surface area contributed by atoms with E-state index in [-0.39, 0.29) is 11.3 Å². The van der Waals surface area contributed by atoms with E-state index in [0.717, 1.165) is 20.9 Å². The molecule has 0 bridgehead atoms. The molecule has 0 saturated heterocycles. The number of aromatic nitrogens is 4. The van der Waals surface area contributed by atoms with Crippen molar-refractivity contribution < 1.29 is 5.11 Å². The number of hydrogen-bond acceptors (Lipinski definition) is 4. The summed E-state index contributed by atoms with van der Waals surface area (Å²) in [7, 11) is 1.47. The average Bonchev–Trinajstić information content (AvgIpc) is 3.24. The predicted molar refractivity (Wildman–Crippen MR) is 138 cm³/mol. The van der Waals surface area contributed by atoms with Crippen molar-refractivity contribution in [1.29, 1.82) is 0 Å². The summed E-state index contributed by atoms with van der Waals surface area (Å²) in [4.78, 5) is 26.5. The van der Waals surface area contributed by atoms with Crippen LogP contribution in [0, 0.1) is 5.92 Å². The van der Waals surface area contributed by atoms with Crippen LogP contribution in [-0.2, 0) is 20.1 Å². The second-order valence-corrected chi connectivity index (χ2v) is 9.34. The Balaban J connectivity index is 1.82. The minimum absolute atomic E-state index is 0.166. The molecule has 0 spiro atoms. The molecule has 2 aromatic heterocycles. The first kappa shape index (κ1) is 22.8. The third-order valence-electron chi connectivity index (χ3n) is 6.39. The Morgan fingerprint density at radius 1 is 0.914 bits per heavy atom. The van der Waals surface area contributed by atoms with E-state index < -0.39 is 17.4 Å². The van der Waals surface area contributed by atoms with Crippen LogP contribution in [0.15, 0.2) is 82.4 Å². The number of aliphatic hydroxyl groups excluding tert-OH is 1. The lowest BCUT2D eigenvalue weighted by Gasteiger charge is -2.15. The van der Waals surface area contributed by atoms with Gasteiger partial charge in [0.25, 0.3) is 5.56 Å². The summed E-state index contributed by atoms with van der Waals surface area (Å²) in [5.41, 5.74) is 1.48. The fourth-order valence-corrected chi connectivity index (χ4v) is 4.70. The number of aliphatic hydroxyl groups is 1. The van der Waals surface area contributed by atoms with E-state index in [9.17, 15) is 14.7 Å². The van der Waals surface area contributed by atoms with Crippen molar-refractivity contribution in [2.24, 2.45) is 13.0 Å². The lowest BCUT2D eigenvalue weighted by molar-refractivity contribution is 0.210. The second-order valence-electron chi connectivity index (χ2n) is 9.34. The molecule has 1 N–H and O–H groups in total. The smallest absolute Gasteiger partial charge is 0.332 e. The largest absolute Gasteiger partial charge is 0.382 e. The molecular weight excluding hydrogens is 440 g/mol. The van der Waals surface area contributed by atoms with Crippen LogP contribution in [0.4, 0.5) is 0 Å².